The molecule has 0 amide bonds. The van der Waals surface area contributed by atoms with Crippen LogP contribution >= 0.6 is 0 Å². The Hall–Kier alpha value is -2.27. The molecule has 21 heavy (non-hydrogen) atoms. The third-order valence-electron chi connectivity index (χ3n) is 3.40. The van der Waals surface area contributed by atoms with Crippen molar-refractivity contribution in [3.63, 3.8) is 0 Å². The summed E-state index contributed by atoms with van der Waals surface area (Å²) in [5.41, 5.74) is 7.74. The second-order valence-corrected chi connectivity index (χ2v) is 5.08. The van der Waals surface area contributed by atoms with E-state index in [-0.39, 0.29) is 6.04 Å². The number of nitrogens with two attached hydrogens (primary N) is 1. The van der Waals surface area contributed by atoms with E-state index in [1.165, 1.54) is 5.56 Å². The summed E-state index contributed by atoms with van der Waals surface area (Å²) in [4.78, 5) is 6.41. The van der Waals surface area contributed by atoms with Crippen molar-refractivity contribution in [2.45, 2.75) is 6.04 Å². The normalized spacial score (nSPS) is 12.2. The van der Waals surface area contributed by atoms with Crippen LogP contribution in [0.5, 0.6) is 5.75 Å². The summed E-state index contributed by atoms with van der Waals surface area (Å²) in [7, 11) is 5.78. The summed E-state index contributed by atoms with van der Waals surface area (Å²) in [5, 5.41) is 3.31. The third kappa shape index (κ3) is 3.86. The molecule has 2 rings (SSSR count). The molecule has 5 nitrogen and oxygen atoms in total. The highest BCUT2D eigenvalue weighted by Gasteiger charge is 2.15. The minimum absolute atomic E-state index is 0.196. The molecule has 0 aliphatic heterocycles. The molecule has 0 saturated carbocycles. The van der Waals surface area contributed by atoms with Gasteiger partial charge in [0.15, 0.2) is 0 Å². The van der Waals surface area contributed by atoms with E-state index in [1.807, 2.05) is 44.4 Å². The van der Waals surface area contributed by atoms with Crippen LogP contribution in [0.2, 0.25) is 0 Å². The number of hydrogen-bond acceptors (Lipinski definition) is 5. The van der Waals surface area contributed by atoms with Crippen molar-refractivity contribution in [1.29, 1.82) is 0 Å². The lowest BCUT2D eigenvalue weighted by Crippen LogP contribution is -2.27. The van der Waals surface area contributed by atoms with Crippen LogP contribution in [-0.2, 0) is 0 Å². The largest absolute Gasteiger partial charge is 0.497 e. The molecule has 1 heterocycles. The number of nitrogens with zero attached hydrogens (tertiary/aromatic N) is 2. The SMILES string of the molecule is COc1cccc(C(CNc2ncccc2N)N(C)C)c1. The Morgan fingerprint density at radius 1 is 1.29 bits per heavy atom. The molecule has 0 bridgehead atoms. The lowest BCUT2D eigenvalue weighted by atomic mass is 10.1. The maximum atomic E-state index is 5.91. The van der Waals surface area contributed by atoms with Gasteiger partial charge in [-0.25, -0.2) is 4.98 Å². The van der Waals surface area contributed by atoms with Crippen molar-refractivity contribution in [2.75, 3.05) is 38.8 Å². The van der Waals surface area contributed by atoms with Crippen molar-refractivity contribution < 1.29 is 4.74 Å². The van der Waals surface area contributed by atoms with E-state index in [2.05, 4.69) is 21.3 Å². The minimum atomic E-state index is 0.196. The number of anilines is 2. The van der Waals surface area contributed by atoms with Gasteiger partial charge in [0.2, 0.25) is 0 Å². The summed E-state index contributed by atoms with van der Waals surface area (Å²) >= 11 is 0. The Morgan fingerprint density at radius 3 is 2.76 bits per heavy atom. The molecule has 0 fully saturated rings. The average Bonchev–Trinajstić information content (AvgIpc) is 2.49. The predicted molar refractivity (Wildman–Crippen MR) is 86.6 cm³/mol. The van der Waals surface area contributed by atoms with Gasteiger partial charge in [-0.3, -0.25) is 0 Å². The summed E-state index contributed by atoms with van der Waals surface area (Å²) in [6.07, 6.45) is 1.73. The molecule has 2 aromatic rings. The average molecular weight is 286 g/mol. The summed E-state index contributed by atoms with van der Waals surface area (Å²) in [5.74, 6) is 1.57. The van der Waals surface area contributed by atoms with Gasteiger partial charge >= 0.3 is 0 Å². The van der Waals surface area contributed by atoms with Crippen LogP contribution in [0.15, 0.2) is 42.6 Å². The molecule has 1 unspecified atom stereocenters. The van der Waals surface area contributed by atoms with E-state index in [4.69, 9.17) is 10.5 Å². The van der Waals surface area contributed by atoms with Crippen LogP contribution in [0, 0.1) is 0 Å². The van der Waals surface area contributed by atoms with Gasteiger partial charge in [-0.05, 0) is 43.9 Å². The lowest BCUT2D eigenvalue weighted by molar-refractivity contribution is 0.310. The number of aromatic nitrogens is 1. The fraction of sp³-hybridized carbons (Fsp3) is 0.312. The first-order valence-electron chi connectivity index (χ1n) is 6.86. The molecule has 112 valence electrons. The Kier molecular flexibility index (Phi) is 5.00. The van der Waals surface area contributed by atoms with Crippen LogP contribution in [-0.4, -0.2) is 37.6 Å². The van der Waals surface area contributed by atoms with Crippen molar-refractivity contribution in [1.82, 2.24) is 9.88 Å². The molecule has 0 spiro atoms. The van der Waals surface area contributed by atoms with Gasteiger partial charge in [0.25, 0.3) is 0 Å². The number of nitrogens with one attached hydrogen (secondary N) is 1. The monoisotopic (exact) mass is 286 g/mol. The Morgan fingerprint density at radius 2 is 2.10 bits per heavy atom. The summed E-state index contributed by atoms with van der Waals surface area (Å²) < 4.78 is 5.30. The Balaban J connectivity index is 2.14. The zero-order valence-corrected chi connectivity index (χ0v) is 12.7. The molecular weight excluding hydrogens is 264 g/mol. The second kappa shape index (κ2) is 6.95. The molecule has 3 N–H and O–H groups in total. The zero-order valence-electron chi connectivity index (χ0n) is 12.7. The number of benzene rings is 1. The fourth-order valence-electron chi connectivity index (χ4n) is 2.21. The molecule has 0 aliphatic rings. The number of hydrogen-bond donors (Lipinski definition) is 2. The smallest absolute Gasteiger partial charge is 0.149 e. The molecule has 5 heteroatoms. The quantitative estimate of drug-likeness (QED) is 0.853. The zero-order chi connectivity index (χ0) is 15.2. The van der Waals surface area contributed by atoms with Gasteiger partial charge in [0.1, 0.15) is 11.6 Å². The molecule has 1 aromatic heterocycles. The van der Waals surface area contributed by atoms with Gasteiger partial charge in [-0.15, -0.1) is 0 Å². The molecule has 0 radical (unpaired) electrons. The number of pyridine rings is 1. The molecular formula is C16H22N4O. The van der Waals surface area contributed by atoms with E-state index in [1.54, 1.807) is 13.3 Å². The summed E-state index contributed by atoms with van der Waals surface area (Å²) in [6.45, 7) is 0.710. The number of methoxy groups -OCH3 is 1. The maximum absolute atomic E-state index is 5.91. The van der Waals surface area contributed by atoms with Crippen LogP contribution in [0.1, 0.15) is 11.6 Å². The minimum Gasteiger partial charge on any atom is -0.497 e. The number of likely N-dealkylation sites (N-methyl/N-ethyl adjacent to an activating group) is 1. The highest BCUT2D eigenvalue weighted by molar-refractivity contribution is 5.60. The van der Waals surface area contributed by atoms with Crippen molar-refractivity contribution >= 4 is 11.5 Å². The number of ether oxygens (including phenoxy) is 1. The van der Waals surface area contributed by atoms with Crippen molar-refractivity contribution in [2.24, 2.45) is 0 Å². The van der Waals surface area contributed by atoms with E-state index in [9.17, 15) is 0 Å². The molecule has 0 aliphatic carbocycles. The van der Waals surface area contributed by atoms with E-state index in [0.717, 1.165) is 5.75 Å². The fourth-order valence-corrected chi connectivity index (χ4v) is 2.21. The maximum Gasteiger partial charge on any atom is 0.149 e. The topological polar surface area (TPSA) is 63.4 Å². The second-order valence-electron chi connectivity index (χ2n) is 5.08. The predicted octanol–water partition coefficient (Wildman–Crippen LogP) is 2.39. The van der Waals surface area contributed by atoms with Gasteiger partial charge in [0.05, 0.1) is 18.8 Å². The molecule has 1 aromatic carbocycles. The third-order valence-corrected chi connectivity index (χ3v) is 3.40. The lowest BCUT2D eigenvalue weighted by Gasteiger charge is -2.26. The Bertz CT molecular complexity index is 586. The van der Waals surface area contributed by atoms with Crippen LogP contribution in [0.3, 0.4) is 0 Å². The first-order valence-corrected chi connectivity index (χ1v) is 6.86. The number of rotatable bonds is 6. The van der Waals surface area contributed by atoms with Crippen molar-refractivity contribution in [3.05, 3.63) is 48.2 Å². The first kappa shape index (κ1) is 15.1. The molecule has 1 atom stereocenters. The number of nitrogen functional groups attached to an aromatic ring is 1. The Labute approximate surface area is 125 Å². The standard InChI is InChI=1S/C16H22N4O/c1-20(2)15(12-6-4-7-13(10-12)21-3)11-19-16-14(17)8-5-9-18-16/h4-10,15H,11,17H2,1-3H3,(H,18,19). The van der Waals surface area contributed by atoms with Gasteiger partial charge in [0, 0.05) is 12.7 Å². The van der Waals surface area contributed by atoms with E-state index < -0.39 is 0 Å². The summed E-state index contributed by atoms with van der Waals surface area (Å²) in [6, 6.07) is 11.9. The van der Waals surface area contributed by atoms with Crippen LogP contribution in [0.25, 0.3) is 0 Å². The van der Waals surface area contributed by atoms with Gasteiger partial charge in [-0.1, -0.05) is 12.1 Å². The van der Waals surface area contributed by atoms with Crippen molar-refractivity contribution in [3.8, 4) is 5.75 Å². The molecule has 0 saturated heterocycles. The van der Waals surface area contributed by atoms with Gasteiger partial charge < -0.3 is 20.7 Å². The first-order chi connectivity index (χ1) is 10.1. The van der Waals surface area contributed by atoms with Gasteiger partial charge in [-0.2, -0.15) is 0 Å². The highest BCUT2D eigenvalue weighted by atomic mass is 16.5. The van der Waals surface area contributed by atoms with E-state index in [0.29, 0.717) is 18.1 Å². The van der Waals surface area contributed by atoms with Crippen LogP contribution in [0.4, 0.5) is 11.5 Å². The van der Waals surface area contributed by atoms with E-state index >= 15 is 0 Å². The van der Waals surface area contributed by atoms with Crippen LogP contribution < -0.4 is 15.8 Å². The highest BCUT2D eigenvalue weighted by Crippen LogP contribution is 2.23.